The van der Waals surface area contributed by atoms with Gasteiger partial charge < -0.3 is 40.6 Å². The van der Waals surface area contributed by atoms with Crippen LogP contribution < -0.4 is 21.3 Å². The number of aliphatic hydroxyl groups is 1. The van der Waals surface area contributed by atoms with Gasteiger partial charge in [-0.1, -0.05) is 103 Å². The third kappa shape index (κ3) is 17.9. The smallest absolute Gasteiger partial charge is 0.408 e. The molecule has 3 rings (SSSR count). The normalized spacial score (nSPS) is 12.7. The lowest BCUT2D eigenvalue weighted by Gasteiger charge is -2.24. The van der Waals surface area contributed by atoms with Crippen LogP contribution in [0.15, 0.2) is 116 Å². The Morgan fingerprint density at radius 1 is 0.661 bits per heavy atom. The van der Waals surface area contributed by atoms with Gasteiger partial charge in [-0.2, -0.15) is 0 Å². The van der Waals surface area contributed by atoms with E-state index in [9.17, 15) is 29.1 Å². The SMILES string of the molecule is C=CC[C@@H](CC(=O)N[C@H](CO)Cc1ccccc1)C(=O)N[C@@H](CCCCNC(=O)OCc1ccccc1)COC(=O)[C@@H](CC=C)NC(=O)OCc1ccccc1. The summed E-state index contributed by atoms with van der Waals surface area (Å²) in [5.41, 5.74) is 2.58. The fraction of sp³-hybridized carbons (Fsp3) is 0.372. The highest BCUT2D eigenvalue weighted by Gasteiger charge is 2.27. The second-order valence-electron chi connectivity index (χ2n) is 13.2. The van der Waals surface area contributed by atoms with Gasteiger partial charge in [-0.05, 0) is 55.2 Å². The molecular weight excluding hydrogens is 716 g/mol. The lowest BCUT2D eigenvalue weighted by Crippen LogP contribution is -2.46. The van der Waals surface area contributed by atoms with Crippen molar-refractivity contribution >= 4 is 30.0 Å². The van der Waals surface area contributed by atoms with Gasteiger partial charge in [0.05, 0.1) is 24.6 Å². The summed E-state index contributed by atoms with van der Waals surface area (Å²) in [5, 5.41) is 20.9. The van der Waals surface area contributed by atoms with Gasteiger partial charge in [0.15, 0.2) is 0 Å². The van der Waals surface area contributed by atoms with Gasteiger partial charge in [-0.15, -0.1) is 13.2 Å². The highest BCUT2D eigenvalue weighted by atomic mass is 16.6. The van der Waals surface area contributed by atoms with E-state index >= 15 is 0 Å². The van der Waals surface area contributed by atoms with Crippen molar-refractivity contribution in [2.45, 2.75) is 76.3 Å². The largest absolute Gasteiger partial charge is 0.462 e. The summed E-state index contributed by atoms with van der Waals surface area (Å²) in [4.78, 5) is 64.6. The maximum atomic E-state index is 13.6. The van der Waals surface area contributed by atoms with Crippen molar-refractivity contribution in [3.05, 3.63) is 133 Å². The number of hydrogen-bond donors (Lipinski definition) is 5. The molecule has 0 saturated carbocycles. The van der Waals surface area contributed by atoms with E-state index in [4.69, 9.17) is 14.2 Å². The summed E-state index contributed by atoms with van der Waals surface area (Å²) in [6.07, 6.45) is 3.55. The van der Waals surface area contributed by atoms with Crippen LogP contribution in [0, 0.1) is 5.92 Å². The maximum absolute atomic E-state index is 13.6. The lowest BCUT2D eigenvalue weighted by molar-refractivity contribution is -0.147. The molecule has 0 unspecified atom stereocenters. The minimum Gasteiger partial charge on any atom is -0.462 e. The number of alkyl carbamates (subject to hydrolysis) is 2. The van der Waals surface area contributed by atoms with Gasteiger partial charge in [0.25, 0.3) is 0 Å². The molecule has 13 nitrogen and oxygen atoms in total. The standard InChI is InChI=1S/C43H54N4O9/c1-3-16-35(27-39(49)45-37(28-48)26-32-18-8-5-9-19-32)40(50)46-36(24-14-15-25-44-42(52)55-29-33-20-10-6-11-21-33)31-54-41(51)38(17-4-2)47-43(53)56-30-34-22-12-7-13-23-34/h3-13,18-23,35-38,48H,1-2,14-17,24-31H2,(H,44,52)(H,45,49)(H,46,50)(H,47,53)/t35-,36-,37-,38+/m0/s1. The summed E-state index contributed by atoms with van der Waals surface area (Å²) in [5.74, 6) is -2.40. The molecule has 56 heavy (non-hydrogen) atoms. The minimum atomic E-state index is -1.09. The number of carbonyl (C=O) groups excluding carboxylic acids is 5. The van der Waals surface area contributed by atoms with E-state index < -0.39 is 54.0 Å². The Bertz CT molecular complexity index is 1660. The van der Waals surface area contributed by atoms with Crippen molar-refractivity contribution in [3.8, 4) is 0 Å². The van der Waals surface area contributed by atoms with Crippen molar-refractivity contribution in [3.63, 3.8) is 0 Å². The number of allylic oxidation sites excluding steroid dienone is 1. The van der Waals surface area contributed by atoms with Crippen LogP contribution in [0.1, 0.15) is 55.2 Å². The molecule has 0 heterocycles. The van der Waals surface area contributed by atoms with Crippen molar-refractivity contribution in [2.24, 2.45) is 5.92 Å². The zero-order valence-electron chi connectivity index (χ0n) is 31.7. The number of esters is 1. The van der Waals surface area contributed by atoms with Gasteiger partial charge in [-0.25, -0.2) is 14.4 Å². The van der Waals surface area contributed by atoms with Crippen LogP contribution in [0.2, 0.25) is 0 Å². The third-order valence-corrected chi connectivity index (χ3v) is 8.59. The predicted octanol–water partition coefficient (Wildman–Crippen LogP) is 5.28. The highest BCUT2D eigenvalue weighted by Crippen LogP contribution is 2.14. The molecule has 0 saturated heterocycles. The summed E-state index contributed by atoms with van der Waals surface area (Å²) in [6.45, 7) is 7.35. The molecule has 3 aromatic rings. The van der Waals surface area contributed by atoms with Crippen molar-refractivity contribution in [2.75, 3.05) is 19.8 Å². The quantitative estimate of drug-likeness (QED) is 0.0331. The highest BCUT2D eigenvalue weighted by molar-refractivity contribution is 5.86. The molecule has 4 amide bonds. The van der Waals surface area contributed by atoms with Crippen LogP contribution in [-0.2, 0) is 48.2 Å². The first-order valence-corrected chi connectivity index (χ1v) is 18.7. The lowest BCUT2D eigenvalue weighted by atomic mass is 9.98. The average molecular weight is 771 g/mol. The summed E-state index contributed by atoms with van der Waals surface area (Å²) < 4.78 is 16.1. The molecule has 3 aromatic carbocycles. The van der Waals surface area contributed by atoms with Gasteiger partial charge in [0, 0.05) is 13.0 Å². The zero-order valence-corrected chi connectivity index (χ0v) is 31.7. The van der Waals surface area contributed by atoms with E-state index in [2.05, 4.69) is 34.4 Å². The molecule has 4 atom stereocenters. The number of carbonyl (C=O) groups is 5. The topological polar surface area (TPSA) is 181 Å². The summed E-state index contributed by atoms with van der Waals surface area (Å²) in [7, 11) is 0. The van der Waals surface area contributed by atoms with Gasteiger partial charge in [0.2, 0.25) is 11.8 Å². The van der Waals surface area contributed by atoms with Crippen LogP contribution in [0.3, 0.4) is 0 Å². The molecule has 0 aromatic heterocycles. The van der Waals surface area contributed by atoms with Crippen LogP contribution >= 0.6 is 0 Å². The van der Waals surface area contributed by atoms with Gasteiger partial charge >= 0.3 is 18.2 Å². The van der Waals surface area contributed by atoms with E-state index in [0.717, 1.165) is 16.7 Å². The second-order valence-corrected chi connectivity index (χ2v) is 13.2. The van der Waals surface area contributed by atoms with E-state index in [1.165, 1.54) is 6.08 Å². The summed E-state index contributed by atoms with van der Waals surface area (Å²) >= 11 is 0. The molecular formula is C43H54N4O9. The molecule has 300 valence electrons. The molecule has 0 aliphatic carbocycles. The average Bonchev–Trinajstić information content (AvgIpc) is 3.21. The van der Waals surface area contributed by atoms with Crippen molar-refractivity contribution in [1.29, 1.82) is 0 Å². The van der Waals surface area contributed by atoms with Gasteiger partial charge in [0.1, 0.15) is 25.9 Å². The second kappa shape index (κ2) is 26.0. The number of nitrogens with one attached hydrogen (secondary N) is 4. The first kappa shape index (κ1) is 44.4. The molecule has 0 bridgehead atoms. The molecule has 0 aliphatic heterocycles. The fourth-order valence-corrected chi connectivity index (χ4v) is 5.62. The monoisotopic (exact) mass is 770 g/mol. The number of ether oxygens (including phenoxy) is 3. The van der Waals surface area contributed by atoms with Crippen LogP contribution in [0.25, 0.3) is 0 Å². The van der Waals surface area contributed by atoms with Crippen molar-refractivity contribution < 1.29 is 43.3 Å². The molecule has 0 spiro atoms. The Hall–Kier alpha value is -5.95. The fourth-order valence-electron chi connectivity index (χ4n) is 5.62. The van der Waals surface area contributed by atoms with Crippen LogP contribution in [0.4, 0.5) is 9.59 Å². The van der Waals surface area contributed by atoms with E-state index in [0.29, 0.717) is 32.2 Å². The van der Waals surface area contributed by atoms with E-state index in [1.54, 1.807) is 18.2 Å². The number of unbranched alkanes of at least 4 members (excludes halogenated alkanes) is 1. The zero-order chi connectivity index (χ0) is 40.4. The Kier molecular flexibility index (Phi) is 20.6. The number of hydrogen-bond acceptors (Lipinski definition) is 9. The molecule has 13 heteroatoms. The van der Waals surface area contributed by atoms with Crippen LogP contribution in [-0.4, -0.2) is 73.0 Å². The first-order valence-electron chi connectivity index (χ1n) is 18.7. The minimum absolute atomic E-state index is 0.00776. The number of amides is 4. The number of benzene rings is 3. The Balaban J connectivity index is 1.59. The summed E-state index contributed by atoms with van der Waals surface area (Å²) in [6, 6.07) is 25.5. The predicted molar refractivity (Wildman–Crippen MR) is 212 cm³/mol. The molecule has 0 aliphatic rings. The Morgan fingerprint density at radius 2 is 1.23 bits per heavy atom. The maximum Gasteiger partial charge on any atom is 0.408 e. The molecule has 0 radical (unpaired) electrons. The Morgan fingerprint density at radius 3 is 1.80 bits per heavy atom. The third-order valence-electron chi connectivity index (χ3n) is 8.59. The number of rotatable bonds is 25. The number of aliphatic hydroxyl groups excluding tert-OH is 1. The van der Waals surface area contributed by atoms with E-state index in [-0.39, 0.29) is 45.7 Å². The Labute approximate surface area is 328 Å². The van der Waals surface area contributed by atoms with Gasteiger partial charge in [-0.3, -0.25) is 9.59 Å². The molecule has 5 N–H and O–H groups in total. The van der Waals surface area contributed by atoms with Crippen LogP contribution in [0.5, 0.6) is 0 Å². The first-order chi connectivity index (χ1) is 27.2. The van der Waals surface area contributed by atoms with E-state index in [1.807, 2.05) is 78.9 Å². The molecule has 0 fully saturated rings. The van der Waals surface area contributed by atoms with Crippen molar-refractivity contribution in [1.82, 2.24) is 21.3 Å².